The highest BCUT2D eigenvalue weighted by molar-refractivity contribution is 7.90. The number of carboxylic acids is 1. The number of aromatic nitrogens is 2. The van der Waals surface area contributed by atoms with E-state index in [0.29, 0.717) is 17.0 Å². The molecule has 0 saturated carbocycles. The second kappa shape index (κ2) is 6.17. The minimum atomic E-state index is -3.19. The Morgan fingerprint density at radius 3 is 2.45 bits per heavy atom. The number of sulfone groups is 1. The fraction of sp³-hybridized carbons (Fsp3) is 0.583. The van der Waals surface area contributed by atoms with E-state index in [2.05, 4.69) is 4.98 Å². The Kier molecular flexibility index (Phi) is 5.04. The van der Waals surface area contributed by atoms with E-state index >= 15 is 0 Å². The van der Waals surface area contributed by atoms with Crippen LogP contribution in [-0.4, -0.2) is 41.1 Å². The van der Waals surface area contributed by atoms with Crippen LogP contribution in [0.25, 0.3) is 0 Å². The van der Waals surface area contributed by atoms with Crippen molar-refractivity contribution in [2.24, 2.45) is 0 Å². The average molecular weight is 302 g/mol. The van der Waals surface area contributed by atoms with Gasteiger partial charge in [-0.2, -0.15) is 4.98 Å². The third-order valence-electron chi connectivity index (χ3n) is 3.05. The molecule has 0 fully saturated rings. The van der Waals surface area contributed by atoms with Gasteiger partial charge in [0.2, 0.25) is 0 Å². The molecule has 112 valence electrons. The predicted octanol–water partition coefficient (Wildman–Crippen LogP) is -0.0781. The second-order valence-electron chi connectivity index (χ2n) is 4.72. The van der Waals surface area contributed by atoms with E-state index in [-0.39, 0.29) is 25.1 Å². The maximum Gasteiger partial charge on any atom is 0.348 e. The molecule has 0 aliphatic rings. The SMILES string of the molecule is Cc1nc(=O)n(CCS(C)(=O)=O)c(C)c1CCC(=O)O. The van der Waals surface area contributed by atoms with Crippen LogP contribution in [0.5, 0.6) is 0 Å². The minimum Gasteiger partial charge on any atom is -0.481 e. The predicted molar refractivity (Wildman–Crippen MR) is 73.6 cm³/mol. The maximum atomic E-state index is 11.8. The van der Waals surface area contributed by atoms with E-state index in [1.165, 1.54) is 4.57 Å². The summed E-state index contributed by atoms with van der Waals surface area (Å²) >= 11 is 0. The van der Waals surface area contributed by atoms with Gasteiger partial charge in [0, 0.05) is 30.6 Å². The van der Waals surface area contributed by atoms with E-state index in [1.807, 2.05) is 0 Å². The number of hydrogen-bond acceptors (Lipinski definition) is 5. The quantitative estimate of drug-likeness (QED) is 0.788. The van der Waals surface area contributed by atoms with Crippen LogP contribution in [-0.2, 0) is 27.6 Å². The van der Waals surface area contributed by atoms with Crippen LogP contribution in [0.1, 0.15) is 23.4 Å². The van der Waals surface area contributed by atoms with Crippen molar-refractivity contribution in [2.75, 3.05) is 12.0 Å². The van der Waals surface area contributed by atoms with Crippen LogP contribution in [0.4, 0.5) is 0 Å². The molecular formula is C12H18N2O5S. The number of aliphatic carboxylic acids is 1. The Morgan fingerprint density at radius 2 is 1.95 bits per heavy atom. The zero-order valence-electron chi connectivity index (χ0n) is 11.7. The van der Waals surface area contributed by atoms with Crippen molar-refractivity contribution in [3.8, 4) is 0 Å². The zero-order chi connectivity index (χ0) is 15.5. The molecule has 7 nitrogen and oxygen atoms in total. The first kappa shape index (κ1) is 16.4. The molecule has 0 bridgehead atoms. The molecule has 1 aromatic heterocycles. The summed E-state index contributed by atoms with van der Waals surface area (Å²) in [6.07, 6.45) is 1.30. The first-order chi connectivity index (χ1) is 9.11. The third-order valence-corrected chi connectivity index (χ3v) is 3.97. The monoisotopic (exact) mass is 302 g/mol. The Morgan fingerprint density at radius 1 is 1.35 bits per heavy atom. The molecule has 0 atom stereocenters. The highest BCUT2D eigenvalue weighted by Crippen LogP contribution is 2.12. The first-order valence-electron chi connectivity index (χ1n) is 6.08. The van der Waals surface area contributed by atoms with E-state index in [9.17, 15) is 18.0 Å². The van der Waals surface area contributed by atoms with Gasteiger partial charge >= 0.3 is 11.7 Å². The van der Waals surface area contributed by atoms with E-state index in [1.54, 1.807) is 13.8 Å². The normalized spacial score (nSPS) is 11.6. The van der Waals surface area contributed by atoms with Gasteiger partial charge in [-0.3, -0.25) is 9.36 Å². The largest absolute Gasteiger partial charge is 0.481 e. The van der Waals surface area contributed by atoms with Crippen LogP contribution in [0.15, 0.2) is 4.79 Å². The van der Waals surface area contributed by atoms with E-state index in [0.717, 1.165) is 6.26 Å². The molecule has 1 aromatic rings. The first-order valence-corrected chi connectivity index (χ1v) is 8.14. The van der Waals surface area contributed by atoms with Crippen molar-refractivity contribution in [2.45, 2.75) is 33.2 Å². The smallest absolute Gasteiger partial charge is 0.348 e. The summed E-state index contributed by atoms with van der Waals surface area (Å²) in [7, 11) is -3.19. The number of carbonyl (C=O) groups is 1. The third kappa shape index (κ3) is 4.44. The highest BCUT2D eigenvalue weighted by atomic mass is 32.2. The number of carboxylic acid groups (broad SMARTS) is 1. The fourth-order valence-electron chi connectivity index (χ4n) is 1.95. The summed E-state index contributed by atoms with van der Waals surface area (Å²) in [5.41, 5.74) is 1.24. The van der Waals surface area contributed by atoms with Crippen molar-refractivity contribution >= 4 is 15.8 Å². The topological polar surface area (TPSA) is 106 Å². The van der Waals surface area contributed by atoms with Gasteiger partial charge in [-0.1, -0.05) is 0 Å². The molecule has 0 aromatic carbocycles. The molecule has 0 aliphatic carbocycles. The van der Waals surface area contributed by atoms with Gasteiger partial charge in [0.15, 0.2) is 0 Å². The molecule has 0 spiro atoms. The molecular weight excluding hydrogens is 284 g/mol. The molecule has 1 N–H and O–H groups in total. The molecule has 0 aliphatic heterocycles. The summed E-state index contributed by atoms with van der Waals surface area (Å²) in [5, 5.41) is 8.72. The Bertz CT molecular complexity index is 676. The van der Waals surface area contributed by atoms with Crippen LogP contribution in [0, 0.1) is 13.8 Å². The van der Waals surface area contributed by atoms with E-state index < -0.39 is 21.5 Å². The van der Waals surface area contributed by atoms with Crippen molar-refractivity contribution in [3.05, 3.63) is 27.4 Å². The lowest BCUT2D eigenvalue weighted by Crippen LogP contribution is -2.30. The van der Waals surface area contributed by atoms with Gasteiger partial charge in [-0.15, -0.1) is 0 Å². The number of rotatable bonds is 6. The fourth-order valence-corrected chi connectivity index (χ4v) is 2.47. The summed E-state index contributed by atoms with van der Waals surface area (Å²) in [6, 6.07) is 0. The summed E-state index contributed by atoms with van der Waals surface area (Å²) in [5.74, 6) is -1.09. The molecule has 1 rings (SSSR count). The lowest BCUT2D eigenvalue weighted by molar-refractivity contribution is -0.136. The van der Waals surface area contributed by atoms with Gasteiger partial charge in [-0.25, -0.2) is 13.2 Å². The summed E-state index contributed by atoms with van der Waals surface area (Å²) in [4.78, 5) is 26.3. The van der Waals surface area contributed by atoms with Crippen molar-refractivity contribution < 1.29 is 18.3 Å². The Labute approximate surface area is 117 Å². The number of nitrogens with zero attached hydrogens (tertiary/aromatic N) is 2. The van der Waals surface area contributed by atoms with Crippen LogP contribution in [0.2, 0.25) is 0 Å². The van der Waals surface area contributed by atoms with Crippen molar-refractivity contribution in [1.82, 2.24) is 9.55 Å². The van der Waals surface area contributed by atoms with Gasteiger partial charge in [0.25, 0.3) is 0 Å². The second-order valence-corrected chi connectivity index (χ2v) is 6.98. The number of aryl methyl sites for hydroxylation is 1. The van der Waals surface area contributed by atoms with Gasteiger partial charge in [-0.05, 0) is 25.8 Å². The molecule has 0 radical (unpaired) electrons. The van der Waals surface area contributed by atoms with Gasteiger partial charge in [0.05, 0.1) is 5.75 Å². The van der Waals surface area contributed by atoms with Crippen molar-refractivity contribution in [1.29, 1.82) is 0 Å². The Balaban J connectivity index is 3.15. The average Bonchev–Trinajstić information content (AvgIpc) is 2.25. The zero-order valence-corrected chi connectivity index (χ0v) is 12.5. The molecule has 20 heavy (non-hydrogen) atoms. The van der Waals surface area contributed by atoms with Crippen LogP contribution in [0.3, 0.4) is 0 Å². The van der Waals surface area contributed by atoms with Crippen molar-refractivity contribution in [3.63, 3.8) is 0 Å². The molecule has 8 heteroatoms. The van der Waals surface area contributed by atoms with E-state index in [4.69, 9.17) is 5.11 Å². The molecule has 1 heterocycles. The van der Waals surface area contributed by atoms with Gasteiger partial charge in [0.1, 0.15) is 9.84 Å². The Hall–Kier alpha value is -1.70. The molecule has 0 saturated heterocycles. The molecule has 0 amide bonds. The van der Waals surface area contributed by atoms with Crippen LogP contribution < -0.4 is 5.69 Å². The van der Waals surface area contributed by atoms with Gasteiger partial charge < -0.3 is 5.11 Å². The number of hydrogen-bond donors (Lipinski definition) is 1. The molecule has 0 unspecified atom stereocenters. The van der Waals surface area contributed by atoms with Crippen LogP contribution >= 0.6 is 0 Å². The lowest BCUT2D eigenvalue weighted by atomic mass is 10.1. The maximum absolute atomic E-state index is 11.8. The summed E-state index contributed by atoms with van der Waals surface area (Å²) in [6.45, 7) is 3.35. The highest BCUT2D eigenvalue weighted by Gasteiger charge is 2.14. The minimum absolute atomic E-state index is 0.0247. The standard InChI is InChI=1S/C12H18N2O5S/c1-8-10(4-5-11(15)16)9(2)14(12(17)13-8)6-7-20(3,18)19/h4-7H2,1-3H3,(H,15,16). The summed E-state index contributed by atoms with van der Waals surface area (Å²) < 4.78 is 23.6. The lowest BCUT2D eigenvalue weighted by Gasteiger charge is -2.14.